The minimum atomic E-state index is -0.309. The van der Waals surface area contributed by atoms with Gasteiger partial charge in [0.1, 0.15) is 12.6 Å². The molecule has 0 saturated heterocycles. The lowest BCUT2D eigenvalue weighted by atomic mass is 9.65. The number of nitrogens with zero attached hydrogens (tertiary/aromatic N) is 1. The zero-order valence-electron chi connectivity index (χ0n) is 13.2. The van der Waals surface area contributed by atoms with E-state index >= 15 is 0 Å². The van der Waals surface area contributed by atoms with E-state index < -0.39 is 0 Å². The Morgan fingerprint density at radius 1 is 1.41 bits per heavy atom. The molecule has 0 radical (unpaired) electrons. The van der Waals surface area contributed by atoms with Gasteiger partial charge in [-0.1, -0.05) is 0 Å². The highest BCUT2D eigenvalue weighted by molar-refractivity contribution is 5.58. The third-order valence-corrected chi connectivity index (χ3v) is 5.75. The van der Waals surface area contributed by atoms with Gasteiger partial charge in [0.15, 0.2) is 11.5 Å². The summed E-state index contributed by atoms with van der Waals surface area (Å²) in [5, 5.41) is 22.7. The second-order valence-electron chi connectivity index (χ2n) is 7.25. The van der Waals surface area contributed by atoms with Gasteiger partial charge in [-0.05, 0) is 25.0 Å². The summed E-state index contributed by atoms with van der Waals surface area (Å²) in [6, 6.07) is 3.93. The summed E-state index contributed by atoms with van der Waals surface area (Å²) in [6.45, 7) is 1.07. The third kappa shape index (κ3) is 1.89. The number of benzene rings is 1. The SMILES string of the molecule is COc1ccc2c3c1O[C@H]1C[C@@H](O)CC[C@]31CC[N+](C)([O-])C2. The smallest absolute Gasteiger partial charge is 0.166 e. The normalized spacial score (nSPS) is 39.5. The molecule has 120 valence electrons. The lowest BCUT2D eigenvalue weighted by Crippen LogP contribution is -2.47. The van der Waals surface area contributed by atoms with Crippen LogP contribution in [0, 0.1) is 5.21 Å². The van der Waals surface area contributed by atoms with Gasteiger partial charge in [0, 0.05) is 29.4 Å². The van der Waals surface area contributed by atoms with Gasteiger partial charge in [0.2, 0.25) is 0 Å². The molecule has 1 fully saturated rings. The summed E-state index contributed by atoms with van der Waals surface area (Å²) in [5.74, 6) is 1.55. The van der Waals surface area contributed by atoms with Gasteiger partial charge in [0.05, 0.1) is 26.8 Å². The first kappa shape index (κ1) is 14.3. The predicted molar refractivity (Wildman–Crippen MR) is 81.7 cm³/mol. The highest BCUT2D eigenvalue weighted by Gasteiger charge is 2.55. The van der Waals surface area contributed by atoms with Crippen molar-refractivity contribution < 1.29 is 19.2 Å². The van der Waals surface area contributed by atoms with Crippen molar-refractivity contribution in [2.45, 2.75) is 49.9 Å². The molecule has 0 bridgehead atoms. The second kappa shape index (κ2) is 4.60. The summed E-state index contributed by atoms with van der Waals surface area (Å²) < 4.78 is 11.5. The molecule has 1 aliphatic carbocycles. The second-order valence-corrected chi connectivity index (χ2v) is 7.25. The average molecular weight is 305 g/mol. The Bertz CT molecular complexity index is 615. The maximum absolute atomic E-state index is 12.7. The molecule has 1 unspecified atom stereocenters. The van der Waals surface area contributed by atoms with Crippen molar-refractivity contribution in [3.05, 3.63) is 28.5 Å². The number of aliphatic hydroxyl groups excluding tert-OH is 1. The fourth-order valence-electron chi connectivity index (χ4n) is 4.61. The van der Waals surface area contributed by atoms with Crippen molar-refractivity contribution in [2.24, 2.45) is 0 Å². The molecule has 0 amide bonds. The van der Waals surface area contributed by atoms with E-state index in [9.17, 15) is 10.3 Å². The molecule has 4 atom stereocenters. The third-order valence-electron chi connectivity index (χ3n) is 5.75. The number of hydrogen-bond acceptors (Lipinski definition) is 4. The Kier molecular flexibility index (Phi) is 2.99. The molecule has 2 aliphatic heterocycles. The van der Waals surface area contributed by atoms with E-state index in [2.05, 4.69) is 0 Å². The van der Waals surface area contributed by atoms with Crippen LogP contribution in [0.5, 0.6) is 11.5 Å². The van der Waals surface area contributed by atoms with Crippen molar-refractivity contribution in [1.82, 2.24) is 0 Å². The van der Waals surface area contributed by atoms with Crippen LogP contribution in [0.4, 0.5) is 0 Å². The average Bonchev–Trinajstić information content (AvgIpc) is 2.74. The number of hydrogen-bond donors (Lipinski definition) is 1. The van der Waals surface area contributed by atoms with Gasteiger partial charge >= 0.3 is 0 Å². The first-order chi connectivity index (χ1) is 10.5. The Morgan fingerprint density at radius 2 is 2.23 bits per heavy atom. The van der Waals surface area contributed by atoms with Crippen LogP contribution in [0.1, 0.15) is 36.8 Å². The van der Waals surface area contributed by atoms with E-state index in [0.717, 1.165) is 36.3 Å². The summed E-state index contributed by atoms with van der Waals surface area (Å²) in [4.78, 5) is 0. The first-order valence-corrected chi connectivity index (χ1v) is 8.06. The van der Waals surface area contributed by atoms with Crippen molar-refractivity contribution in [3.63, 3.8) is 0 Å². The maximum Gasteiger partial charge on any atom is 0.166 e. The Hall–Kier alpha value is -1.30. The molecule has 2 heterocycles. The number of aliphatic hydroxyl groups is 1. The fourth-order valence-corrected chi connectivity index (χ4v) is 4.61. The van der Waals surface area contributed by atoms with Crippen LogP contribution in [0.25, 0.3) is 0 Å². The zero-order valence-corrected chi connectivity index (χ0v) is 13.2. The molecular weight excluding hydrogens is 282 g/mol. The molecule has 1 saturated carbocycles. The van der Waals surface area contributed by atoms with Crippen LogP contribution in [-0.4, -0.2) is 42.7 Å². The molecule has 5 nitrogen and oxygen atoms in total. The standard InChI is InChI=1S/C17H23NO4/c1-18(20)8-7-17-6-5-12(19)9-14(17)22-16-13(21-2)4-3-11(10-18)15(16)17/h3-4,12,14,19H,5-10H2,1-2H3/t12-,14-,17+,18?/m0/s1. The Labute approximate surface area is 130 Å². The van der Waals surface area contributed by atoms with Crippen molar-refractivity contribution in [3.8, 4) is 11.5 Å². The molecule has 4 rings (SSSR count). The number of quaternary nitrogens is 1. The van der Waals surface area contributed by atoms with E-state index in [4.69, 9.17) is 9.47 Å². The number of hydroxylamine groups is 3. The van der Waals surface area contributed by atoms with Gasteiger partial charge in [-0.3, -0.25) is 0 Å². The van der Waals surface area contributed by atoms with Crippen LogP contribution in [0.15, 0.2) is 12.1 Å². The molecule has 1 aromatic rings. The molecule has 0 aromatic heterocycles. The lowest BCUT2D eigenvalue weighted by Gasteiger charge is -2.42. The number of ether oxygens (including phenoxy) is 2. The molecule has 1 aromatic carbocycles. The highest BCUT2D eigenvalue weighted by atomic mass is 16.5. The van der Waals surface area contributed by atoms with Crippen LogP contribution >= 0.6 is 0 Å². The maximum atomic E-state index is 12.7. The van der Waals surface area contributed by atoms with Crippen molar-refractivity contribution in [2.75, 3.05) is 20.7 Å². The van der Waals surface area contributed by atoms with Gasteiger partial charge in [0.25, 0.3) is 0 Å². The highest BCUT2D eigenvalue weighted by Crippen LogP contribution is 2.57. The molecule has 5 heteroatoms. The van der Waals surface area contributed by atoms with E-state index in [1.165, 1.54) is 5.56 Å². The minimum absolute atomic E-state index is 0.0422. The van der Waals surface area contributed by atoms with Crippen LogP contribution < -0.4 is 9.47 Å². The Balaban J connectivity index is 1.91. The van der Waals surface area contributed by atoms with Crippen LogP contribution in [0.3, 0.4) is 0 Å². The summed E-state index contributed by atoms with van der Waals surface area (Å²) in [5.41, 5.74) is 2.14. The minimum Gasteiger partial charge on any atom is -0.633 e. The quantitative estimate of drug-likeness (QED) is 0.637. The van der Waals surface area contributed by atoms with Crippen LogP contribution in [0.2, 0.25) is 0 Å². The molecular formula is C17H23NO4. The molecule has 1 spiro atoms. The summed E-state index contributed by atoms with van der Waals surface area (Å²) in [7, 11) is 3.40. The lowest BCUT2D eigenvalue weighted by molar-refractivity contribution is -0.874. The monoisotopic (exact) mass is 305 g/mol. The van der Waals surface area contributed by atoms with E-state index in [1.54, 1.807) is 14.2 Å². The molecule has 1 N–H and O–H groups in total. The first-order valence-electron chi connectivity index (χ1n) is 8.06. The zero-order chi connectivity index (χ0) is 15.5. The van der Waals surface area contributed by atoms with Crippen molar-refractivity contribution in [1.29, 1.82) is 0 Å². The predicted octanol–water partition coefficient (Wildman–Crippen LogP) is 2.09. The van der Waals surface area contributed by atoms with Gasteiger partial charge in [-0.15, -0.1) is 0 Å². The van der Waals surface area contributed by atoms with Gasteiger partial charge < -0.3 is 24.4 Å². The van der Waals surface area contributed by atoms with Gasteiger partial charge in [-0.25, -0.2) is 0 Å². The van der Waals surface area contributed by atoms with E-state index in [0.29, 0.717) is 19.5 Å². The number of rotatable bonds is 1. The number of methoxy groups -OCH3 is 1. The van der Waals surface area contributed by atoms with E-state index in [1.807, 2.05) is 12.1 Å². The summed E-state index contributed by atoms with van der Waals surface area (Å²) in [6.07, 6.45) is 2.76. The molecule has 22 heavy (non-hydrogen) atoms. The van der Waals surface area contributed by atoms with Crippen LogP contribution in [-0.2, 0) is 12.0 Å². The van der Waals surface area contributed by atoms with Crippen molar-refractivity contribution >= 4 is 0 Å². The topological polar surface area (TPSA) is 61.8 Å². The summed E-state index contributed by atoms with van der Waals surface area (Å²) >= 11 is 0. The Morgan fingerprint density at radius 3 is 3.00 bits per heavy atom. The van der Waals surface area contributed by atoms with E-state index in [-0.39, 0.29) is 22.3 Å². The fraction of sp³-hybridized carbons (Fsp3) is 0.647. The largest absolute Gasteiger partial charge is 0.633 e. The van der Waals surface area contributed by atoms with Gasteiger partial charge in [-0.2, -0.15) is 0 Å². The molecule has 3 aliphatic rings.